The Kier molecular flexibility index (Phi) is 5.45. The number of hydrogen-bond donors (Lipinski definition) is 2. The summed E-state index contributed by atoms with van der Waals surface area (Å²) in [6.07, 6.45) is 2.90. The van der Waals surface area contributed by atoms with Crippen LogP contribution in [0.4, 0.5) is 0 Å². The average molecular weight is 341 g/mol. The van der Waals surface area contributed by atoms with Crippen molar-refractivity contribution in [2.75, 3.05) is 6.54 Å². The molecular formula is C16H21ClN2O2S. The average Bonchev–Trinajstić information content (AvgIpc) is 2.93. The van der Waals surface area contributed by atoms with Crippen LogP contribution in [0.25, 0.3) is 10.8 Å². The van der Waals surface area contributed by atoms with Crippen LogP contribution >= 0.6 is 12.4 Å². The molecule has 0 radical (unpaired) electrons. The number of sulfonamides is 1. The summed E-state index contributed by atoms with van der Waals surface area (Å²) in [6, 6.07) is 12.9. The predicted octanol–water partition coefficient (Wildman–Crippen LogP) is 2.67. The van der Waals surface area contributed by atoms with E-state index in [1.807, 2.05) is 30.3 Å². The molecule has 2 unspecified atom stereocenters. The number of hydrogen-bond acceptors (Lipinski definition) is 3. The van der Waals surface area contributed by atoms with Gasteiger partial charge in [0.1, 0.15) is 0 Å². The maximum absolute atomic E-state index is 12.7. The fourth-order valence-corrected chi connectivity index (χ4v) is 4.74. The Morgan fingerprint density at radius 1 is 1.09 bits per heavy atom. The predicted molar refractivity (Wildman–Crippen MR) is 91.7 cm³/mol. The van der Waals surface area contributed by atoms with Crippen LogP contribution in [0.3, 0.4) is 0 Å². The van der Waals surface area contributed by atoms with Crippen LogP contribution in [-0.2, 0) is 10.0 Å². The molecule has 1 fully saturated rings. The van der Waals surface area contributed by atoms with Crippen molar-refractivity contribution in [3.05, 3.63) is 42.5 Å². The number of fused-ring (bicyclic) bond motifs is 1. The van der Waals surface area contributed by atoms with Gasteiger partial charge in [-0.1, -0.05) is 42.8 Å². The molecule has 0 aliphatic heterocycles. The molecule has 1 aliphatic rings. The zero-order valence-corrected chi connectivity index (χ0v) is 13.9. The van der Waals surface area contributed by atoms with Crippen LogP contribution in [0.15, 0.2) is 47.4 Å². The zero-order chi connectivity index (χ0) is 14.9. The fourth-order valence-electron chi connectivity index (χ4n) is 3.17. The summed E-state index contributed by atoms with van der Waals surface area (Å²) in [6.45, 7) is 0.530. The third-order valence-electron chi connectivity index (χ3n) is 4.31. The van der Waals surface area contributed by atoms with Crippen molar-refractivity contribution in [3.63, 3.8) is 0 Å². The van der Waals surface area contributed by atoms with Gasteiger partial charge in [-0.25, -0.2) is 13.1 Å². The van der Waals surface area contributed by atoms with Crippen molar-refractivity contribution < 1.29 is 8.42 Å². The molecule has 1 aliphatic carbocycles. The van der Waals surface area contributed by atoms with E-state index in [2.05, 4.69) is 4.72 Å². The summed E-state index contributed by atoms with van der Waals surface area (Å²) in [5.74, 6) is 0.245. The minimum atomic E-state index is -3.52. The normalized spacial score (nSPS) is 21.7. The molecule has 0 spiro atoms. The van der Waals surface area contributed by atoms with Crippen LogP contribution in [0.2, 0.25) is 0 Å². The highest BCUT2D eigenvalue weighted by Crippen LogP contribution is 2.28. The van der Waals surface area contributed by atoms with Crippen molar-refractivity contribution in [2.24, 2.45) is 11.7 Å². The lowest BCUT2D eigenvalue weighted by Gasteiger charge is -2.20. The van der Waals surface area contributed by atoms with Crippen LogP contribution in [-0.4, -0.2) is 21.0 Å². The Bertz CT molecular complexity index is 743. The highest BCUT2D eigenvalue weighted by atomic mass is 35.5. The van der Waals surface area contributed by atoms with Gasteiger partial charge < -0.3 is 5.73 Å². The lowest BCUT2D eigenvalue weighted by atomic mass is 10.1. The summed E-state index contributed by atoms with van der Waals surface area (Å²) in [7, 11) is -3.52. The van der Waals surface area contributed by atoms with E-state index in [-0.39, 0.29) is 24.4 Å². The summed E-state index contributed by atoms with van der Waals surface area (Å²) in [4.78, 5) is 0.350. The molecule has 0 heterocycles. The first kappa shape index (κ1) is 17.2. The molecule has 6 heteroatoms. The minimum Gasteiger partial charge on any atom is -0.330 e. The van der Waals surface area contributed by atoms with Gasteiger partial charge in [-0.2, -0.15) is 0 Å². The monoisotopic (exact) mass is 340 g/mol. The molecule has 3 N–H and O–H groups in total. The van der Waals surface area contributed by atoms with Gasteiger partial charge >= 0.3 is 0 Å². The second-order valence-electron chi connectivity index (χ2n) is 5.63. The molecule has 2 atom stereocenters. The van der Waals surface area contributed by atoms with Gasteiger partial charge in [0.2, 0.25) is 10.0 Å². The van der Waals surface area contributed by atoms with Crippen molar-refractivity contribution in [3.8, 4) is 0 Å². The van der Waals surface area contributed by atoms with E-state index in [0.717, 1.165) is 30.0 Å². The SMILES string of the molecule is Cl.NCC1CCCC1NS(=O)(=O)c1cccc2ccccc12. The third kappa shape index (κ3) is 3.27. The third-order valence-corrected chi connectivity index (χ3v) is 5.86. The number of halogens is 1. The Hall–Kier alpha value is -1.14. The summed E-state index contributed by atoms with van der Waals surface area (Å²) in [5.41, 5.74) is 5.74. The number of nitrogens with one attached hydrogen (secondary N) is 1. The van der Waals surface area contributed by atoms with E-state index in [1.165, 1.54) is 0 Å². The number of nitrogens with two attached hydrogens (primary N) is 1. The first-order valence-electron chi connectivity index (χ1n) is 7.32. The molecule has 0 amide bonds. The Morgan fingerprint density at radius 2 is 1.82 bits per heavy atom. The highest BCUT2D eigenvalue weighted by molar-refractivity contribution is 7.89. The zero-order valence-electron chi connectivity index (χ0n) is 12.2. The molecular weight excluding hydrogens is 320 g/mol. The lowest BCUT2D eigenvalue weighted by molar-refractivity contribution is 0.453. The van der Waals surface area contributed by atoms with Crippen LogP contribution in [0.5, 0.6) is 0 Å². The van der Waals surface area contributed by atoms with Crippen molar-refractivity contribution >= 4 is 33.2 Å². The van der Waals surface area contributed by atoms with E-state index in [0.29, 0.717) is 11.4 Å². The van der Waals surface area contributed by atoms with E-state index < -0.39 is 10.0 Å². The van der Waals surface area contributed by atoms with E-state index in [4.69, 9.17) is 5.73 Å². The summed E-state index contributed by atoms with van der Waals surface area (Å²) < 4.78 is 28.3. The first-order chi connectivity index (χ1) is 10.1. The maximum atomic E-state index is 12.7. The van der Waals surface area contributed by atoms with Crippen LogP contribution in [0, 0.1) is 5.92 Å². The van der Waals surface area contributed by atoms with Gasteiger partial charge in [0.25, 0.3) is 0 Å². The van der Waals surface area contributed by atoms with Gasteiger partial charge in [0, 0.05) is 11.4 Å². The molecule has 120 valence electrons. The Morgan fingerprint density at radius 3 is 2.59 bits per heavy atom. The molecule has 3 rings (SSSR count). The molecule has 22 heavy (non-hydrogen) atoms. The molecule has 4 nitrogen and oxygen atoms in total. The molecule has 1 saturated carbocycles. The lowest BCUT2D eigenvalue weighted by Crippen LogP contribution is -2.39. The van der Waals surface area contributed by atoms with Gasteiger partial charge in [-0.3, -0.25) is 0 Å². The molecule has 0 aromatic heterocycles. The molecule has 0 saturated heterocycles. The molecule has 0 bridgehead atoms. The van der Waals surface area contributed by atoms with Crippen molar-refractivity contribution in [2.45, 2.75) is 30.2 Å². The largest absolute Gasteiger partial charge is 0.330 e. The van der Waals surface area contributed by atoms with E-state index in [9.17, 15) is 8.42 Å². The molecule has 2 aromatic carbocycles. The first-order valence-corrected chi connectivity index (χ1v) is 8.80. The van der Waals surface area contributed by atoms with Gasteiger partial charge in [0.05, 0.1) is 4.90 Å². The second-order valence-corrected chi connectivity index (χ2v) is 7.31. The number of benzene rings is 2. The van der Waals surface area contributed by atoms with Gasteiger partial charge in [-0.15, -0.1) is 12.4 Å². The minimum absolute atomic E-state index is 0. The summed E-state index contributed by atoms with van der Waals surface area (Å²) >= 11 is 0. The highest BCUT2D eigenvalue weighted by Gasteiger charge is 2.30. The van der Waals surface area contributed by atoms with Crippen LogP contribution in [0.1, 0.15) is 19.3 Å². The van der Waals surface area contributed by atoms with Crippen molar-refractivity contribution in [1.29, 1.82) is 0 Å². The Labute approximate surface area is 137 Å². The fraction of sp³-hybridized carbons (Fsp3) is 0.375. The van der Waals surface area contributed by atoms with Gasteiger partial charge in [0.15, 0.2) is 0 Å². The van der Waals surface area contributed by atoms with Gasteiger partial charge in [-0.05, 0) is 36.8 Å². The standard InChI is InChI=1S/C16H20N2O2S.ClH/c17-11-13-7-3-9-15(13)18-21(19,20)16-10-4-6-12-5-1-2-8-14(12)16;/h1-2,4-6,8,10,13,15,18H,3,7,9,11,17H2;1H. The quantitative estimate of drug-likeness (QED) is 0.898. The molecule has 2 aromatic rings. The topological polar surface area (TPSA) is 72.2 Å². The van der Waals surface area contributed by atoms with E-state index in [1.54, 1.807) is 12.1 Å². The summed E-state index contributed by atoms with van der Waals surface area (Å²) in [5, 5.41) is 1.69. The number of rotatable bonds is 4. The second kappa shape index (κ2) is 6.96. The maximum Gasteiger partial charge on any atom is 0.241 e. The van der Waals surface area contributed by atoms with E-state index >= 15 is 0 Å². The Balaban J connectivity index is 0.00000176. The van der Waals surface area contributed by atoms with Crippen LogP contribution < -0.4 is 10.5 Å². The smallest absolute Gasteiger partial charge is 0.241 e. The van der Waals surface area contributed by atoms with Crippen molar-refractivity contribution in [1.82, 2.24) is 4.72 Å².